The molecule has 0 radical (unpaired) electrons. The fourth-order valence-corrected chi connectivity index (χ4v) is 2.56. The van der Waals surface area contributed by atoms with Gasteiger partial charge in [-0.1, -0.05) is 12.1 Å². The summed E-state index contributed by atoms with van der Waals surface area (Å²) in [6, 6.07) is 7.85. The molecule has 20 heavy (non-hydrogen) atoms. The molecule has 1 amide bonds. The third-order valence-electron chi connectivity index (χ3n) is 3.96. The molecule has 1 aliphatic rings. The number of rotatable bonds is 7. The summed E-state index contributed by atoms with van der Waals surface area (Å²) in [7, 11) is 1.67. The number of ether oxygens (including phenoxy) is 1. The summed E-state index contributed by atoms with van der Waals surface area (Å²) in [6.45, 7) is 3.39. The first-order valence-corrected chi connectivity index (χ1v) is 7.24. The second kappa shape index (κ2) is 6.75. The number of nitrogen functional groups attached to an aromatic ring is 1. The Morgan fingerprint density at radius 3 is 2.85 bits per heavy atom. The second-order valence-corrected chi connectivity index (χ2v) is 5.58. The molecular formula is C16H24N2O2. The van der Waals surface area contributed by atoms with E-state index in [1.54, 1.807) is 7.11 Å². The molecule has 1 fully saturated rings. The van der Waals surface area contributed by atoms with Crippen LogP contribution in [-0.4, -0.2) is 37.1 Å². The van der Waals surface area contributed by atoms with E-state index in [9.17, 15) is 4.79 Å². The lowest BCUT2D eigenvalue weighted by Gasteiger charge is -2.29. The Balaban J connectivity index is 2.01. The van der Waals surface area contributed by atoms with Crippen LogP contribution in [0.3, 0.4) is 0 Å². The molecular weight excluding hydrogens is 252 g/mol. The molecule has 2 rings (SSSR count). The molecule has 1 aromatic carbocycles. The van der Waals surface area contributed by atoms with E-state index < -0.39 is 0 Å². The van der Waals surface area contributed by atoms with Gasteiger partial charge in [0.2, 0.25) is 5.91 Å². The molecule has 1 saturated carbocycles. The smallest absolute Gasteiger partial charge is 0.227 e. The Bertz CT molecular complexity index is 458. The van der Waals surface area contributed by atoms with Gasteiger partial charge in [-0.3, -0.25) is 4.79 Å². The van der Waals surface area contributed by atoms with E-state index in [0.29, 0.717) is 37.2 Å². The van der Waals surface area contributed by atoms with Gasteiger partial charge in [-0.25, -0.2) is 0 Å². The van der Waals surface area contributed by atoms with Crippen molar-refractivity contribution in [3.63, 3.8) is 0 Å². The number of nitrogens with zero attached hydrogens (tertiary/aromatic N) is 1. The van der Waals surface area contributed by atoms with Crippen molar-refractivity contribution in [1.82, 2.24) is 4.90 Å². The van der Waals surface area contributed by atoms with Crippen LogP contribution in [0.15, 0.2) is 24.3 Å². The average molecular weight is 276 g/mol. The molecule has 1 unspecified atom stereocenters. The van der Waals surface area contributed by atoms with Crippen LogP contribution in [0.4, 0.5) is 5.69 Å². The zero-order valence-corrected chi connectivity index (χ0v) is 12.3. The van der Waals surface area contributed by atoms with Crippen LogP contribution in [0.1, 0.15) is 25.3 Å². The number of hydrogen-bond acceptors (Lipinski definition) is 3. The van der Waals surface area contributed by atoms with Crippen molar-refractivity contribution in [3.8, 4) is 0 Å². The van der Waals surface area contributed by atoms with Gasteiger partial charge in [-0.15, -0.1) is 0 Å². The van der Waals surface area contributed by atoms with Crippen LogP contribution in [0.2, 0.25) is 0 Å². The topological polar surface area (TPSA) is 55.6 Å². The van der Waals surface area contributed by atoms with Gasteiger partial charge in [0.1, 0.15) is 0 Å². The number of amides is 1. The SMILES string of the molecule is COCCN(C(=O)Cc1cccc(N)c1)C(C)C1CC1. The van der Waals surface area contributed by atoms with Crippen molar-refractivity contribution in [3.05, 3.63) is 29.8 Å². The van der Waals surface area contributed by atoms with E-state index in [2.05, 4.69) is 6.92 Å². The molecule has 0 bridgehead atoms. The summed E-state index contributed by atoms with van der Waals surface area (Å²) in [4.78, 5) is 14.5. The Labute approximate surface area is 120 Å². The third kappa shape index (κ3) is 3.97. The number of carbonyl (C=O) groups is 1. The molecule has 110 valence electrons. The van der Waals surface area contributed by atoms with E-state index in [-0.39, 0.29) is 5.91 Å². The van der Waals surface area contributed by atoms with Crippen LogP contribution >= 0.6 is 0 Å². The summed E-state index contributed by atoms with van der Waals surface area (Å²) in [5.74, 6) is 0.823. The van der Waals surface area contributed by atoms with Crippen molar-refractivity contribution < 1.29 is 9.53 Å². The zero-order valence-electron chi connectivity index (χ0n) is 12.3. The molecule has 0 heterocycles. The molecule has 0 aromatic heterocycles. The second-order valence-electron chi connectivity index (χ2n) is 5.58. The summed E-state index contributed by atoms with van der Waals surface area (Å²) in [5.41, 5.74) is 7.44. The molecule has 1 atom stereocenters. The molecule has 2 N–H and O–H groups in total. The van der Waals surface area contributed by atoms with Crippen LogP contribution in [0.5, 0.6) is 0 Å². The van der Waals surface area contributed by atoms with E-state index in [1.807, 2.05) is 29.2 Å². The highest BCUT2D eigenvalue weighted by atomic mass is 16.5. The maximum absolute atomic E-state index is 12.5. The van der Waals surface area contributed by atoms with Gasteiger partial charge in [0.15, 0.2) is 0 Å². The Hall–Kier alpha value is -1.55. The average Bonchev–Trinajstić information content (AvgIpc) is 3.23. The first-order chi connectivity index (χ1) is 9.61. The molecule has 0 saturated heterocycles. The molecule has 0 aliphatic heterocycles. The van der Waals surface area contributed by atoms with Crippen molar-refractivity contribution in [1.29, 1.82) is 0 Å². The summed E-state index contributed by atoms with van der Waals surface area (Å²) < 4.78 is 5.13. The van der Waals surface area contributed by atoms with Gasteiger partial charge < -0.3 is 15.4 Å². The lowest BCUT2D eigenvalue weighted by atomic mass is 10.1. The minimum Gasteiger partial charge on any atom is -0.399 e. The molecule has 0 spiro atoms. The fraction of sp³-hybridized carbons (Fsp3) is 0.562. The van der Waals surface area contributed by atoms with Crippen molar-refractivity contribution in [2.24, 2.45) is 5.92 Å². The van der Waals surface area contributed by atoms with Crippen LogP contribution < -0.4 is 5.73 Å². The first-order valence-electron chi connectivity index (χ1n) is 7.24. The number of hydrogen-bond donors (Lipinski definition) is 1. The number of nitrogens with two attached hydrogens (primary N) is 1. The third-order valence-corrected chi connectivity index (χ3v) is 3.96. The van der Waals surface area contributed by atoms with Gasteiger partial charge in [-0.05, 0) is 43.4 Å². The Kier molecular flexibility index (Phi) is 5.01. The highest BCUT2D eigenvalue weighted by Gasteiger charge is 2.33. The van der Waals surface area contributed by atoms with Crippen LogP contribution in [0.25, 0.3) is 0 Å². The Morgan fingerprint density at radius 2 is 2.25 bits per heavy atom. The Morgan fingerprint density at radius 1 is 1.50 bits per heavy atom. The van der Waals surface area contributed by atoms with Crippen molar-refractivity contribution in [2.75, 3.05) is 26.0 Å². The predicted molar refractivity (Wildman–Crippen MR) is 80.3 cm³/mol. The van der Waals surface area contributed by atoms with Gasteiger partial charge in [0.05, 0.1) is 13.0 Å². The van der Waals surface area contributed by atoms with Crippen LogP contribution in [0, 0.1) is 5.92 Å². The summed E-state index contributed by atoms with van der Waals surface area (Å²) in [6.07, 6.45) is 2.87. The van der Waals surface area contributed by atoms with E-state index in [4.69, 9.17) is 10.5 Å². The summed E-state index contributed by atoms with van der Waals surface area (Å²) in [5, 5.41) is 0. The highest BCUT2D eigenvalue weighted by molar-refractivity contribution is 5.79. The fourth-order valence-electron chi connectivity index (χ4n) is 2.56. The van der Waals surface area contributed by atoms with Gasteiger partial charge in [0, 0.05) is 25.4 Å². The van der Waals surface area contributed by atoms with Gasteiger partial charge >= 0.3 is 0 Å². The number of anilines is 1. The van der Waals surface area contributed by atoms with E-state index >= 15 is 0 Å². The monoisotopic (exact) mass is 276 g/mol. The normalized spacial score (nSPS) is 15.9. The van der Waals surface area contributed by atoms with E-state index in [0.717, 1.165) is 5.56 Å². The molecule has 1 aromatic rings. The number of carbonyl (C=O) groups excluding carboxylic acids is 1. The largest absolute Gasteiger partial charge is 0.399 e. The maximum atomic E-state index is 12.5. The van der Waals surface area contributed by atoms with Gasteiger partial charge in [0.25, 0.3) is 0 Å². The quantitative estimate of drug-likeness (QED) is 0.776. The molecule has 4 nitrogen and oxygen atoms in total. The minimum absolute atomic E-state index is 0.159. The highest BCUT2D eigenvalue weighted by Crippen LogP contribution is 2.35. The standard InChI is InChI=1S/C16H24N2O2/c1-12(14-6-7-14)18(8-9-20-2)16(19)11-13-4-3-5-15(17)10-13/h3-5,10,12,14H,6-9,11,17H2,1-2H3. The number of methoxy groups -OCH3 is 1. The lowest BCUT2D eigenvalue weighted by Crippen LogP contribution is -2.42. The van der Waals surface area contributed by atoms with Crippen molar-refractivity contribution >= 4 is 11.6 Å². The first kappa shape index (κ1) is 14.9. The lowest BCUT2D eigenvalue weighted by molar-refractivity contribution is -0.133. The predicted octanol–water partition coefficient (Wildman–Crippen LogP) is 2.08. The minimum atomic E-state index is 0.159. The molecule has 4 heteroatoms. The van der Waals surface area contributed by atoms with E-state index in [1.165, 1.54) is 12.8 Å². The number of benzene rings is 1. The molecule has 1 aliphatic carbocycles. The van der Waals surface area contributed by atoms with Crippen LogP contribution in [-0.2, 0) is 16.0 Å². The van der Waals surface area contributed by atoms with Crippen molar-refractivity contribution in [2.45, 2.75) is 32.2 Å². The maximum Gasteiger partial charge on any atom is 0.227 e. The summed E-state index contributed by atoms with van der Waals surface area (Å²) >= 11 is 0. The zero-order chi connectivity index (χ0) is 14.5. The van der Waals surface area contributed by atoms with Gasteiger partial charge in [-0.2, -0.15) is 0 Å².